The normalized spacial score (nSPS) is 11.8. The molecular formula is C8H11ClN2O5S. The summed E-state index contributed by atoms with van der Waals surface area (Å²) in [7, 11) is -4.69. The Morgan fingerprint density at radius 3 is 1.88 bits per heavy atom. The number of aliphatic hydroxyl groups is 2. The van der Waals surface area contributed by atoms with Gasteiger partial charge in [0.1, 0.15) is 4.90 Å². The molecule has 0 bridgehead atoms. The van der Waals surface area contributed by atoms with E-state index in [-0.39, 0.29) is 22.5 Å². The van der Waals surface area contributed by atoms with Crippen LogP contribution in [0.4, 0.5) is 11.4 Å². The molecule has 0 fully saturated rings. The molecular weight excluding hydrogens is 272 g/mol. The second kappa shape index (κ2) is 4.67. The largest absolute Gasteiger partial charge is 0.397 e. The van der Waals surface area contributed by atoms with E-state index in [1.54, 1.807) is 0 Å². The molecule has 0 aliphatic heterocycles. The maximum Gasteiger partial charge on any atom is 0.296 e. The Morgan fingerprint density at radius 2 is 1.53 bits per heavy atom. The van der Waals surface area contributed by atoms with Crippen LogP contribution in [-0.4, -0.2) is 23.2 Å². The number of nitrogens with two attached hydrogens (primary N) is 2. The van der Waals surface area contributed by atoms with E-state index in [0.717, 1.165) is 0 Å². The first-order valence-electron chi connectivity index (χ1n) is 4.33. The van der Waals surface area contributed by atoms with Crippen LogP contribution in [0.3, 0.4) is 0 Å². The molecule has 0 aromatic heterocycles. The van der Waals surface area contributed by atoms with Gasteiger partial charge in [-0.1, -0.05) is 11.6 Å². The lowest BCUT2D eigenvalue weighted by atomic mass is 10.0. The van der Waals surface area contributed by atoms with E-state index in [2.05, 4.69) is 0 Å². The van der Waals surface area contributed by atoms with E-state index in [0.29, 0.717) is 0 Å². The first-order chi connectivity index (χ1) is 7.75. The summed E-state index contributed by atoms with van der Waals surface area (Å²) in [5, 5.41) is 17.7. The number of hydrogen-bond acceptors (Lipinski definition) is 6. The van der Waals surface area contributed by atoms with Crippen molar-refractivity contribution in [2.45, 2.75) is 18.1 Å². The molecule has 0 saturated heterocycles. The van der Waals surface area contributed by atoms with E-state index in [1.165, 1.54) is 0 Å². The van der Waals surface area contributed by atoms with Gasteiger partial charge in [0.05, 0.1) is 29.6 Å². The molecule has 0 amide bonds. The van der Waals surface area contributed by atoms with Gasteiger partial charge in [0.15, 0.2) is 0 Å². The molecule has 0 spiro atoms. The summed E-state index contributed by atoms with van der Waals surface area (Å²) in [6, 6.07) is 0. The van der Waals surface area contributed by atoms with Crippen molar-refractivity contribution in [3.8, 4) is 0 Å². The average Bonchev–Trinajstić information content (AvgIpc) is 2.23. The molecule has 0 radical (unpaired) electrons. The monoisotopic (exact) mass is 282 g/mol. The first-order valence-corrected chi connectivity index (χ1v) is 6.14. The molecule has 9 heteroatoms. The number of aliphatic hydroxyl groups excluding tert-OH is 2. The quantitative estimate of drug-likeness (QED) is 0.379. The molecule has 0 saturated carbocycles. The fourth-order valence-electron chi connectivity index (χ4n) is 1.45. The molecule has 0 heterocycles. The highest BCUT2D eigenvalue weighted by Crippen LogP contribution is 2.38. The minimum absolute atomic E-state index is 0.0815. The van der Waals surface area contributed by atoms with Crippen LogP contribution < -0.4 is 11.5 Å². The minimum Gasteiger partial charge on any atom is -0.397 e. The topological polar surface area (TPSA) is 147 Å². The number of nitrogen functional groups attached to an aromatic ring is 2. The van der Waals surface area contributed by atoms with Crippen molar-refractivity contribution in [3.63, 3.8) is 0 Å². The zero-order valence-electron chi connectivity index (χ0n) is 8.51. The lowest BCUT2D eigenvalue weighted by Crippen LogP contribution is -2.13. The van der Waals surface area contributed by atoms with Gasteiger partial charge in [0.25, 0.3) is 10.1 Å². The SMILES string of the molecule is Nc1c(N)c(CO)c(CO)c(S(=O)(=O)O)c1Cl. The third-order valence-electron chi connectivity index (χ3n) is 2.26. The molecule has 7 N–H and O–H groups in total. The molecule has 96 valence electrons. The van der Waals surface area contributed by atoms with E-state index >= 15 is 0 Å². The molecule has 0 atom stereocenters. The van der Waals surface area contributed by atoms with Gasteiger partial charge in [0, 0.05) is 11.1 Å². The van der Waals surface area contributed by atoms with Crippen molar-refractivity contribution in [1.29, 1.82) is 0 Å². The Bertz CT molecular complexity index is 558. The van der Waals surface area contributed by atoms with Crippen molar-refractivity contribution in [3.05, 3.63) is 16.1 Å². The number of benzene rings is 1. The van der Waals surface area contributed by atoms with Gasteiger partial charge in [-0.2, -0.15) is 8.42 Å². The summed E-state index contributed by atoms with van der Waals surface area (Å²) in [6.45, 7) is -1.42. The molecule has 17 heavy (non-hydrogen) atoms. The van der Waals surface area contributed by atoms with Gasteiger partial charge in [0.2, 0.25) is 0 Å². The van der Waals surface area contributed by atoms with Crippen LogP contribution >= 0.6 is 11.6 Å². The summed E-state index contributed by atoms with van der Waals surface area (Å²) in [6.07, 6.45) is 0. The summed E-state index contributed by atoms with van der Waals surface area (Å²) in [4.78, 5) is -0.739. The van der Waals surface area contributed by atoms with E-state index in [4.69, 9.17) is 37.8 Å². The molecule has 0 aliphatic carbocycles. The van der Waals surface area contributed by atoms with Gasteiger partial charge in [-0.05, 0) is 0 Å². The Labute approximate surface area is 102 Å². The molecule has 0 aliphatic rings. The lowest BCUT2D eigenvalue weighted by Gasteiger charge is -2.16. The number of anilines is 2. The van der Waals surface area contributed by atoms with Gasteiger partial charge in [-0.25, -0.2) is 0 Å². The summed E-state index contributed by atoms with van der Waals surface area (Å²) < 4.78 is 31.3. The van der Waals surface area contributed by atoms with Crippen LogP contribution in [-0.2, 0) is 23.3 Å². The van der Waals surface area contributed by atoms with Crippen LogP contribution in [0.1, 0.15) is 11.1 Å². The second-order valence-corrected chi connectivity index (χ2v) is 4.96. The minimum atomic E-state index is -4.69. The van der Waals surface area contributed by atoms with Crippen LogP contribution in [0.15, 0.2) is 4.90 Å². The Kier molecular flexibility index (Phi) is 3.84. The van der Waals surface area contributed by atoms with Gasteiger partial charge in [-0.3, -0.25) is 4.55 Å². The number of rotatable bonds is 3. The Balaban J connectivity index is 3.88. The van der Waals surface area contributed by atoms with Crippen molar-refractivity contribution in [2.75, 3.05) is 11.5 Å². The lowest BCUT2D eigenvalue weighted by molar-refractivity contribution is 0.257. The van der Waals surface area contributed by atoms with Crippen molar-refractivity contribution >= 4 is 33.1 Å². The van der Waals surface area contributed by atoms with Crippen molar-refractivity contribution in [1.82, 2.24) is 0 Å². The van der Waals surface area contributed by atoms with Gasteiger partial charge < -0.3 is 21.7 Å². The highest BCUT2D eigenvalue weighted by molar-refractivity contribution is 7.86. The first kappa shape index (κ1) is 14.0. The zero-order chi connectivity index (χ0) is 13.4. The molecule has 1 rings (SSSR count). The van der Waals surface area contributed by atoms with Crippen LogP contribution in [0.5, 0.6) is 0 Å². The number of hydrogen-bond donors (Lipinski definition) is 5. The third kappa shape index (κ3) is 2.31. The molecule has 7 nitrogen and oxygen atoms in total. The van der Waals surface area contributed by atoms with Crippen molar-refractivity contribution in [2.24, 2.45) is 0 Å². The second-order valence-electron chi connectivity index (χ2n) is 3.22. The van der Waals surface area contributed by atoms with E-state index in [1.807, 2.05) is 0 Å². The van der Waals surface area contributed by atoms with Crippen LogP contribution in [0, 0.1) is 0 Å². The summed E-state index contributed by atoms with van der Waals surface area (Å²) in [5.41, 5.74) is 10.2. The zero-order valence-corrected chi connectivity index (χ0v) is 10.1. The Morgan fingerprint density at radius 1 is 1.06 bits per heavy atom. The molecule has 1 aromatic rings. The van der Waals surface area contributed by atoms with Crippen molar-refractivity contribution < 1.29 is 23.2 Å². The smallest absolute Gasteiger partial charge is 0.296 e. The van der Waals surface area contributed by atoms with E-state index < -0.39 is 33.3 Å². The van der Waals surface area contributed by atoms with Crippen LogP contribution in [0.2, 0.25) is 5.02 Å². The third-order valence-corrected chi connectivity index (χ3v) is 3.73. The van der Waals surface area contributed by atoms with Gasteiger partial charge >= 0.3 is 0 Å². The highest BCUT2D eigenvalue weighted by Gasteiger charge is 2.26. The maximum atomic E-state index is 11.1. The Hall–Kier alpha value is -1.06. The fourth-order valence-corrected chi connectivity index (χ4v) is 2.80. The average molecular weight is 283 g/mol. The summed E-state index contributed by atoms with van der Waals surface area (Å²) >= 11 is 5.66. The predicted molar refractivity (Wildman–Crippen MR) is 61.9 cm³/mol. The molecule has 0 unspecified atom stereocenters. The van der Waals surface area contributed by atoms with Crippen LogP contribution in [0.25, 0.3) is 0 Å². The highest BCUT2D eigenvalue weighted by atomic mass is 35.5. The van der Waals surface area contributed by atoms with Gasteiger partial charge in [-0.15, -0.1) is 0 Å². The number of halogens is 1. The maximum absolute atomic E-state index is 11.1. The molecule has 1 aromatic carbocycles. The fraction of sp³-hybridized carbons (Fsp3) is 0.250. The van der Waals surface area contributed by atoms with E-state index in [9.17, 15) is 8.42 Å². The summed E-state index contributed by atoms with van der Waals surface area (Å²) in [5.74, 6) is 0. The predicted octanol–water partition coefficient (Wildman–Crippen LogP) is -0.264. The standard InChI is InChI=1S/C8H11ClN2O5S/c9-5-7(11)6(10)3(1-12)4(2-13)8(5)17(14,15)16/h12-13H,1-2,10-11H2,(H,14,15,16).